The molecule has 2 rings (SSSR count). The number of aryl methyl sites for hydroxylation is 1. The number of carbonyl (C=O) groups is 2. The van der Waals surface area contributed by atoms with Gasteiger partial charge in [0.15, 0.2) is 5.76 Å². The van der Waals surface area contributed by atoms with Crippen LogP contribution in [0.1, 0.15) is 24.3 Å². The third-order valence-corrected chi connectivity index (χ3v) is 2.89. The average molecular weight is 253 g/mol. The molecule has 0 spiro atoms. The molecule has 1 aliphatic rings. The van der Waals surface area contributed by atoms with Crippen LogP contribution in [0.5, 0.6) is 0 Å². The second-order valence-corrected chi connectivity index (χ2v) is 4.28. The smallest absolute Gasteiger partial charge is 0.326 e. The molecule has 0 bridgehead atoms. The number of rotatable bonds is 3. The summed E-state index contributed by atoms with van der Waals surface area (Å²) in [5.74, 6) is -0.412. The van der Waals surface area contributed by atoms with Crippen LogP contribution in [-0.4, -0.2) is 39.8 Å². The van der Waals surface area contributed by atoms with Crippen molar-refractivity contribution in [1.82, 2.24) is 15.4 Å². The summed E-state index contributed by atoms with van der Waals surface area (Å²) in [6.45, 7) is 2.47. The Labute approximate surface area is 104 Å². The molecule has 0 aromatic carbocycles. The topological polar surface area (TPSA) is 95.7 Å². The Bertz CT molecular complexity index is 457. The van der Waals surface area contributed by atoms with Crippen molar-refractivity contribution in [2.24, 2.45) is 0 Å². The molecule has 1 aromatic heterocycles. The Kier molecular flexibility index (Phi) is 3.50. The van der Waals surface area contributed by atoms with Crippen molar-refractivity contribution >= 4 is 12.0 Å². The van der Waals surface area contributed by atoms with E-state index in [4.69, 9.17) is 9.63 Å². The molecule has 7 heteroatoms. The summed E-state index contributed by atoms with van der Waals surface area (Å²) >= 11 is 0. The summed E-state index contributed by atoms with van der Waals surface area (Å²) in [6, 6.07) is 0.620. The summed E-state index contributed by atoms with van der Waals surface area (Å²) < 4.78 is 4.95. The largest absolute Gasteiger partial charge is 0.480 e. The Morgan fingerprint density at radius 2 is 2.44 bits per heavy atom. The molecule has 98 valence electrons. The van der Waals surface area contributed by atoms with Gasteiger partial charge < -0.3 is 19.8 Å². The van der Waals surface area contributed by atoms with E-state index in [1.807, 2.05) is 0 Å². The molecule has 1 fully saturated rings. The summed E-state index contributed by atoms with van der Waals surface area (Å²) in [5, 5.41) is 15.3. The molecular formula is C11H15N3O4. The molecule has 0 aliphatic carbocycles. The van der Waals surface area contributed by atoms with Crippen molar-refractivity contribution in [2.45, 2.75) is 32.4 Å². The summed E-state index contributed by atoms with van der Waals surface area (Å²) in [4.78, 5) is 24.1. The van der Waals surface area contributed by atoms with Gasteiger partial charge >= 0.3 is 12.0 Å². The molecule has 1 unspecified atom stereocenters. The predicted molar refractivity (Wildman–Crippen MR) is 60.8 cm³/mol. The van der Waals surface area contributed by atoms with Gasteiger partial charge in [-0.3, -0.25) is 0 Å². The summed E-state index contributed by atoms with van der Waals surface area (Å²) in [5.41, 5.74) is 0.740. The number of hydrogen-bond donors (Lipinski definition) is 2. The van der Waals surface area contributed by atoms with Gasteiger partial charge in [-0.2, -0.15) is 0 Å². The van der Waals surface area contributed by atoms with E-state index in [1.165, 1.54) is 4.90 Å². The number of aromatic nitrogens is 1. The fourth-order valence-electron chi connectivity index (χ4n) is 2.03. The van der Waals surface area contributed by atoms with E-state index in [1.54, 1.807) is 13.0 Å². The highest BCUT2D eigenvalue weighted by molar-refractivity contribution is 5.83. The van der Waals surface area contributed by atoms with Gasteiger partial charge in [-0.05, 0) is 19.8 Å². The van der Waals surface area contributed by atoms with Gasteiger partial charge in [-0.15, -0.1) is 0 Å². The standard InChI is InChI=1S/C11H15N3O4/c1-7-5-8(18-13-7)6-12-11(17)14-4-2-3-9(14)10(15)16/h5,9H,2-4,6H2,1H3,(H,12,17)(H,15,16). The van der Waals surface area contributed by atoms with Crippen LogP contribution in [0.15, 0.2) is 10.6 Å². The van der Waals surface area contributed by atoms with Crippen LogP contribution in [0, 0.1) is 6.92 Å². The zero-order chi connectivity index (χ0) is 13.1. The van der Waals surface area contributed by atoms with Crippen LogP contribution in [0.2, 0.25) is 0 Å². The Hall–Kier alpha value is -2.05. The first kappa shape index (κ1) is 12.4. The Balaban J connectivity index is 1.89. The third-order valence-electron chi connectivity index (χ3n) is 2.89. The number of urea groups is 1. The monoisotopic (exact) mass is 253 g/mol. The Morgan fingerprint density at radius 1 is 1.67 bits per heavy atom. The first-order chi connectivity index (χ1) is 8.58. The van der Waals surface area contributed by atoms with E-state index in [2.05, 4.69) is 10.5 Å². The van der Waals surface area contributed by atoms with E-state index in [0.29, 0.717) is 25.1 Å². The molecule has 2 amide bonds. The highest BCUT2D eigenvalue weighted by Gasteiger charge is 2.33. The maximum Gasteiger partial charge on any atom is 0.326 e. The maximum absolute atomic E-state index is 11.8. The van der Waals surface area contributed by atoms with Gasteiger partial charge in [0.2, 0.25) is 0 Å². The lowest BCUT2D eigenvalue weighted by Crippen LogP contribution is -2.45. The van der Waals surface area contributed by atoms with Gasteiger partial charge in [0.05, 0.1) is 12.2 Å². The number of carboxylic acid groups (broad SMARTS) is 1. The van der Waals surface area contributed by atoms with Crippen LogP contribution in [-0.2, 0) is 11.3 Å². The normalized spacial score (nSPS) is 18.9. The SMILES string of the molecule is Cc1cc(CNC(=O)N2CCCC2C(=O)O)on1. The first-order valence-electron chi connectivity index (χ1n) is 5.77. The van der Waals surface area contributed by atoms with Gasteiger partial charge in [0, 0.05) is 12.6 Å². The van der Waals surface area contributed by atoms with Gasteiger partial charge in [0.25, 0.3) is 0 Å². The fraction of sp³-hybridized carbons (Fsp3) is 0.545. The van der Waals surface area contributed by atoms with E-state index >= 15 is 0 Å². The molecule has 2 heterocycles. The second kappa shape index (κ2) is 5.07. The van der Waals surface area contributed by atoms with E-state index in [0.717, 1.165) is 5.69 Å². The molecule has 18 heavy (non-hydrogen) atoms. The second-order valence-electron chi connectivity index (χ2n) is 4.28. The Morgan fingerprint density at radius 3 is 3.06 bits per heavy atom. The highest BCUT2D eigenvalue weighted by Crippen LogP contribution is 2.17. The van der Waals surface area contributed by atoms with Gasteiger partial charge in [0.1, 0.15) is 6.04 Å². The number of nitrogens with zero attached hydrogens (tertiary/aromatic N) is 2. The third kappa shape index (κ3) is 2.61. The number of nitrogens with one attached hydrogen (secondary N) is 1. The van der Waals surface area contributed by atoms with E-state index in [9.17, 15) is 9.59 Å². The van der Waals surface area contributed by atoms with Crippen molar-refractivity contribution in [3.63, 3.8) is 0 Å². The zero-order valence-corrected chi connectivity index (χ0v) is 10.0. The lowest BCUT2D eigenvalue weighted by atomic mass is 10.2. The summed E-state index contributed by atoms with van der Waals surface area (Å²) in [7, 11) is 0. The van der Waals surface area contributed by atoms with Crippen LogP contribution >= 0.6 is 0 Å². The highest BCUT2D eigenvalue weighted by atomic mass is 16.5. The number of carboxylic acids is 1. The van der Waals surface area contributed by atoms with Crippen molar-refractivity contribution in [2.75, 3.05) is 6.54 Å². The fourth-order valence-corrected chi connectivity index (χ4v) is 2.03. The number of carbonyl (C=O) groups excluding carboxylic acids is 1. The van der Waals surface area contributed by atoms with Crippen LogP contribution in [0.3, 0.4) is 0 Å². The number of likely N-dealkylation sites (tertiary alicyclic amines) is 1. The van der Waals surface area contributed by atoms with Crippen molar-refractivity contribution in [3.8, 4) is 0 Å². The number of aliphatic carboxylic acids is 1. The minimum Gasteiger partial charge on any atom is -0.480 e. The lowest BCUT2D eigenvalue weighted by molar-refractivity contribution is -0.141. The minimum atomic E-state index is -0.960. The van der Waals surface area contributed by atoms with Crippen LogP contribution in [0.4, 0.5) is 4.79 Å². The molecule has 1 saturated heterocycles. The van der Waals surface area contributed by atoms with Gasteiger partial charge in [-0.25, -0.2) is 9.59 Å². The molecule has 1 aromatic rings. The number of amides is 2. The van der Waals surface area contributed by atoms with Crippen molar-refractivity contribution in [3.05, 3.63) is 17.5 Å². The van der Waals surface area contributed by atoms with Crippen LogP contribution < -0.4 is 5.32 Å². The maximum atomic E-state index is 11.8. The molecule has 0 radical (unpaired) electrons. The minimum absolute atomic E-state index is 0.211. The molecule has 1 aliphatic heterocycles. The average Bonchev–Trinajstić information content (AvgIpc) is 2.94. The molecule has 0 saturated carbocycles. The molecule has 2 N–H and O–H groups in total. The number of hydrogen-bond acceptors (Lipinski definition) is 4. The molecule has 7 nitrogen and oxygen atoms in total. The molecular weight excluding hydrogens is 238 g/mol. The van der Waals surface area contributed by atoms with E-state index in [-0.39, 0.29) is 12.6 Å². The predicted octanol–water partition coefficient (Wildman–Crippen LogP) is 0.742. The lowest BCUT2D eigenvalue weighted by Gasteiger charge is -2.21. The van der Waals surface area contributed by atoms with Gasteiger partial charge in [-0.1, -0.05) is 5.16 Å². The van der Waals surface area contributed by atoms with Crippen molar-refractivity contribution < 1.29 is 19.2 Å². The van der Waals surface area contributed by atoms with Crippen molar-refractivity contribution in [1.29, 1.82) is 0 Å². The van der Waals surface area contributed by atoms with Crippen LogP contribution in [0.25, 0.3) is 0 Å². The zero-order valence-electron chi connectivity index (χ0n) is 10.0. The quantitative estimate of drug-likeness (QED) is 0.828. The molecule has 1 atom stereocenters. The van der Waals surface area contributed by atoms with E-state index < -0.39 is 12.0 Å². The summed E-state index contributed by atoms with van der Waals surface area (Å²) in [6.07, 6.45) is 1.22. The first-order valence-corrected chi connectivity index (χ1v) is 5.77.